The van der Waals surface area contributed by atoms with Crippen molar-refractivity contribution in [1.29, 1.82) is 0 Å². The zero-order valence-corrected chi connectivity index (χ0v) is 8.47. The minimum Gasteiger partial charge on any atom is -0.462 e. The SMILES string of the molecule is CCOC(=O)c1c(Br)ccnc1F. The first-order chi connectivity index (χ1) is 6.16. The third kappa shape index (κ3) is 2.24. The summed E-state index contributed by atoms with van der Waals surface area (Å²) in [6.07, 6.45) is 1.27. The molecule has 0 saturated carbocycles. The molecule has 1 aromatic rings. The van der Waals surface area contributed by atoms with Crippen molar-refractivity contribution >= 4 is 21.9 Å². The number of carbonyl (C=O) groups excluding carboxylic acids is 1. The third-order valence-corrected chi connectivity index (χ3v) is 1.99. The van der Waals surface area contributed by atoms with Crippen LogP contribution in [0.5, 0.6) is 0 Å². The number of pyridine rings is 1. The lowest BCUT2D eigenvalue weighted by Crippen LogP contribution is -2.09. The Kier molecular flexibility index (Phi) is 3.36. The van der Waals surface area contributed by atoms with E-state index in [4.69, 9.17) is 0 Å². The van der Waals surface area contributed by atoms with Crippen LogP contribution in [0.1, 0.15) is 17.3 Å². The first-order valence-corrected chi connectivity index (χ1v) is 4.43. The van der Waals surface area contributed by atoms with Crippen molar-refractivity contribution in [3.05, 3.63) is 28.2 Å². The fourth-order valence-electron chi connectivity index (χ4n) is 0.800. The van der Waals surface area contributed by atoms with Crippen LogP contribution < -0.4 is 0 Å². The van der Waals surface area contributed by atoms with Crippen LogP contribution in [-0.2, 0) is 4.74 Å². The predicted octanol–water partition coefficient (Wildman–Crippen LogP) is 2.16. The summed E-state index contributed by atoms with van der Waals surface area (Å²) in [4.78, 5) is 14.5. The Morgan fingerprint density at radius 3 is 3.00 bits per heavy atom. The Morgan fingerprint density at radius 2 is 2.46 bits per heavy atom. The third-order valence-electron chi connectivity index (χ3n) is 1.33. The first-order valence-electron chi connectivity index (χ1n) is 3.64. The molecule has 0 aliphatic rings. The van der Waals surface area contributed by atoms with Crippen LogP contribution in [0.4, 0.5) is 4.39 Å². The molecule has 0 atom stereocenters. The lowest BCUT2D eigenvalue weighted by atomic mass is 10.3. The number of esters is 1. The second-order valence-electron chi connectivity index (χ2n) is 2.18. The van der Waals surface area contributed by atoms with Crippen molar-refractivity contribution in [2.45, 2.75) is 6.92 Å². The number of hydrogen-bond donors (Lipinski definition) is 0. The number of halogens is 2. The van der Waals surface area contributed by atoms with Crippen LogP contribution in [0.2, 0.25) is 0 Å². The summed E-state index contributed by atoms with van der Waals surface area (Å²) in [6, 6.07) is 1.48. The van der Waals surface area contributed by atoms with E-state index in [0.717, 1.165) is 0 Å². The Balaban J connectivity index is 3.05. The van der Waals surface area contributed by atoms with Crippen molar-refractivity contribution in [3.63, 3.8) is 0 Å². The molecule has 0 aliphatic carbocycles. The van der Waals surface area contributed by atoms with Crippen molar-refractivity contribution in [2.24, 2.45) is 0 Å². The van der Waals surface area contributed by atoms with Gasteiger partial charge in [0.25, 0.3) is 0 Å². The van der Waals surface area contributed by atoms with E-state index in [2.05, 4.69) is 25.7 Å². The lowest BCUT2D eigenvalue weighted by Gasteiger charge is -2.03. The molecule has 0 spiro atoms. The van der Waals surface area contributed by atoms with Crippen molar-refractivity contribution in [3.8, 4) is 0 Å². The average Bonchev–Trinajstić information content (AvgIpc) is 2.04. The van der Waals surface area contributed by atoms with Gasteiger partial charge in [-0.05, 0) is 28.9 Å². The summed E-state index contributed by atoms with van der Waals surface area (Å²) in [5.74, 6) is -1.53. The van der Waals surface area contributed by atoms with E-state index in [9.17, 15) is 9.18 Å². The molecule has 0 bridgehead atoms. The van der Waals surface area contributed by atoms with Gasteiger partial charge in [0.05, 0.1) is 6.61 Å². The highest BCUT2D eigenvalue weighted by molar-refractivity contribution is 9.10. The van der Waals surface area contributed by atoms with Crippen LogP contribution in [0.15, 0.2) is 16.7 Å². The van der Waals surface area contributed by atoms with E-state index in [1.165, 1.54) is 12.3 Å². The van der Waals surface area contributed by atoms with Crippen molar-refractivity contribution in [2.75, 3.05) is 6.61 Å². The molecule has 5 heteroatoms. The average molecular weight is 248 g/mol. The van der Waals surface area contributed by atoms with Crippen LogP contribution in [0.3, 0.4) is 0 Å². The number of nitrogens with zero attached hydrogens (tertiary/aromatic N) is 1. The highest BCUT2D eigenvalue weighted by atomic mass is 79.9. The molecule has 0 N–H and O–H groups in total. The standard InChI is InChI=1S/C8H7BrFNO2/c1-2-13-8(12)6-5(9)3-4-11-7(6)10/h3-4H,2H2,1H3. The zero-order chi connectivity index (χ0) is 9.84. The molecular formula is C8H7BrFNO2. The maximum absolute atomic E-state index is 13.0. The molecule has 1 aromatic heterocycles. The van der Waals surface area contributed by atoms with E-state index in [1.54, 1.807) is 6.92 Å². The van der Waals surface area contributed by atoms with E-state index in [0.29, 0.717) is 4.47 Å². The summed E-state index contributed by atoms with van der Waals surface area (Å²) >= 11 is 3.04. The molecule has 0 fully saturated rings. The molecule has 0 unspecified atom stereocenters. The Hall–Kier alpha value is -0.970. The van der Waals surface area contributed by atoms with Crippen LogP contribution in [-0.4, -0.2) is 17.6 Å². The van der Waals surface area contributed by atoms with Gasteiger partial charge in [-0.2, -0.15) is 4.39 Å². The predicted molar refractivity (Wildman–Crippen MR) is 47.9 cm³/mol. The largest absolute Gasteiger partial charge is 0.462 e. The van der Waals surface area contributed by atoms with Gasteiger partial charge >= 0.3 is 5.97 Å². The fourth-order valence-corrected chi connectivity index (χ4v) is 1.24. The minimum absolute atomic E-state index is 0.163. The molecule has 1 heterocycles. The Bertz CT molecular complexity index is 310. The van der Waals surface area contributed by atoms with E-state index < -0.39 is 11.9 Å². The maximum Gasteiger partial charge on any atom is 0.343 e. The smallest absolute Gasteiger partial charge is 0.343 e. The second kappa shape index (κ2) is 4.32. The lowest BCUT2D eigenvalue weighted by molar-refractivity contribution is 0.0518. The van der Waals surface area contributed by atoms with Gasteiger partial charge in [0.15, 0.2) is 0 Å². The van der Waals surface area contributed by atoms with Crippen LogP contribution in [0, 0.1) is 5.95 Å². The quantitative estimate of drug-likeness (QED) is 0.594. The highest BCUT2D eigenvalue weighted by Gasteiger charge is 2.17. The fraction of sp³-hybridized carbons (Fsp3) is 0.250. The number of carbonyl (C=O) groups is 1. The van der Waals surface area contributed by atoms with Gasteiger partial charge in [0.1, 0.15) is 5.56 Å². The van der Waals surface area contributed by atoms with Gasteiger partial charge in [-0.3, -0.25) is 0 Å². The summed E-state index contributed by atoms with van der Waals surface area (Å²) in [6.45, 7) is 1.86. The summed E-state index contributed by atoms with van der Waals surface area (Å²) in [7, 11) is 0. The molecule has 0 aliphatic heterocycles. The summed E-state index contributed by atoms with van der Waals surface area (Å²) in [5, 5.41) is 0. The normalized spacial score (nSPS) is 9.77. The number of hydrogen-bond acceptors (Lipinski definition) is 3. The molecule has 0 aromatic carbocycles. The monoisotopic (exact) mass is 247 g/mol. The molecular weight excluding hydrogens is 241 g/mol. The maximum atomic E-state index is 13.0. The second-order valence-corrected chi connectivity index (χ2v) is 3.03. The zero-order valence-electron chi connectivity index (χ0n) is 6.88. The van der Waals surface area contributed by atoms with E-state index in [-0.39, 0.29) is 12.2 Å². The van der Waals surface area contributed by atoms with E-state index in [1.807, 2.05) is 0 Å². The van der Waals surface area contributed by atoms with Gasteiger partial charge in [-0.15, -0.1) is 0 Å². The Morgan fingerprint density at radius 1 is 1.77 bits per heavy atom. The molecule has 70 valence electrons. The number of rotatable bonds is 2. The molecule has 0 amide bonds. The first kappa shape index (κ1) is 10.1. The minimum atomic E-state index is -0.826. The molecule has 1 rings (SSSR count). The molecule has 0 saturated heterocycles. The van der Waals surface area contributed by atoms with E-state index >= 15 is 0 Å². The Labute approximate surface area is 83.1 Å². The summed E-state index contributed by atoms with van der Waals surface area (Å²) in [5.41, 5.74) is -0.163. The van der Waals surface area contributed by atoms with Crippen LogP contribution in [0.25, 0.3) is 0 Å². The highest BCUT2D eigenvalue weighted by Crippen LogP contribution is 2.18. The van der Waals surface area contributed by atoms with Gasteiger partial charge < -0.3 is 4.74 Å². The summed E-state index contributed by atoms with van der Waals surface area (Å²) < 4.78 is 18.0. The number of aromatic nitrogens is 1. The molecule has 0 radical (unpaired) electrons. The van der Waals surface area contributed by atoms with Crippen molar-refractivity contribution in [1.82, 2.24) is 4.98 Å². The van der Waals surface area contributed by atoms with Crippen molar-refractivity contribution < 1.29 is 13.9 Å². The topological polar surface area (TPSA) is 39.2 Å². The number of ether oxygens (including phenoxy) is 1. The van der Waals surface area contributed by atoms with Gasteiger partial charge in [0.2, 0.25) is 5.95 Å². The van der Waals surface area contributed by atoms with Crippen LogP contribution >= 0.6 is 15.9 Å². The van der Waals surface area contributed by atoms with Gasteiger partial charge in [0, 0.05) is 10.7 Å². The van der Waals surface area contributed by atoms with Gasteiger partial charge in [-0.25, -0.2) is 9.78 Å². The van der Waals surface area contributed by atoms with Gasteiger partial charge in [-0.1, -0.05) is 0 Å². The molecule has 13 heavy (non-hydrogen) atoms. The molecule has 3 nitrogen and oxygen atoms in total.